The second kappa shape index (κ2) is 5.20. The van der Waals surface area contributed by atoms with Crippen LogP contribution in [0.1, 0.15) is 5.56 Å². The van der Waals surface area contributed by atoms with Crippen LogP contribution in [-0.2, 0) is 12.5 Å². The summed E-state index contributed by atoms with van der Waals surface area (Å²) in [4.78, 5) is 0. The van der Waals surface area contributed by atoms with Gasteiger partial charge in [0.15, 0.2) is 0 Å². The molecule has 0 fully saturated rings. The van der Waals surface area contributed by atoms with Gasteiger partial charge in [0, 0.05) is 17.1 Å². The van der Waals surface area contributed by atoms with Crippen molar-refractivity contribution in [2.24, 2.45) is 0 Å². The Labute approximate surface area is 121 Å². The van der Waals surface area contributed by atoms with E-state index in [9.17, 15) is 8.78 Å². The average molecular weight is 287 g/mol. The molecule has 4 heteroatoms. The predicted molar refractivity (Wildman–Crippen MR) is 78.8 cm³/mol. The third kappa shape index (κ3) is 2.49. The van der Waals surface area contributed by atoms with Crippen LogP contribution in [0.25, 0.3) is 10.9 Å². The molecule has 0 unspecified atom stereocenters. The number of alkyl halides is 2. The fourth-order valence-corrected chi connectivity index (χ4v) is 2.50. The Morgan fingerprint density at radius 1 is 1.00 bits per heavy atom. The quantitative estimate of drug-likeness (QED) is 0.692. The molecule has 0 atom stereocenters. The lowest BCUT2D eigenvalue weighted by Gasteiger charge is -2.18. The summed E-state index contributed by atoms with van der Waals surface area (Å²) in [6.45, 7) is -0.395. The molecule has 3 aromatic rings. The molecule has 0 N–H and O–H groups in total. The van der Waals surface area contributed by atoms with Gasteiger partial charge in [0.05, 0.1) is 19.2 Å². The van der Waals surface area contributed by atoms with Gasteiger partial charge in [0.1, 0.15) is 5.75 Å². The third-order valence-corrected chi connectivity index (χ3v) is 3.56. The largest absolute Gasteiger partial charge is 0.496 e. The molecular weight excluding hydrogens is 272 g/mol. The van der Waals surface area contributed by atoms with Crippen LogP contribution in [0.15, 0.2) is 60.8 Å². The van der Waals surface area contributed by atoms with Crippen LogP contribution in [0.5, 0.6) is 5.75 Å². The minimum atomic E-state index is -2.92. The lowest BCUT2D eigenvalue weighted by Crippen LogP contribution is -2.20. The van der Waals surface area contributed by atoms with Crippen molar-refractivity contribution in [1.82, 2.24) is 4.57 Å². The fourth-order valence-electron chi connectivity index (χ4n) is 2.50. The van der Waals surface area contributed by atoms with E-state index in [-0.39, 0.29) is 5.56 Å². The first-order chi connectivity index (χ1) is 10.1. The molecule has 3 rings (SSSR count). The standard InChI is InChI=1S/C17H15F2NO/c1-21-16-9-5-8-15-14(16)10-11-20(15)12-17(18,19)13-6-3-2-4-7-13/h2-11H,12H2,1H3. The van der Waals surface area contributed by atoms with E-state index >= 15 is 0 Å². The minimum Gasteiger partial charge on any atom is -0.496 e. The van der Waals surface area contributed by atoms with E-state index in [1.165, 1.54) is 12.1 Å². The van der Waals surface area contributed by atoms with Crippen LogP contribution in [0.4, 0.5) is 8.78 Å². The monoisotopic (exact) mass is 287 g/mol. The molecule has 0 saturated heterocycles. The van der Waals surface area contributed by atoms with Crippen molar-refractivity contribution in [2.75, 3.05) is 7.11 Å². The van der Waals surface area contributed by atoms with E-state index in [0.29, 0.717) is 5.75 Å². The van der Waals surface area contributed by atoms with E-state index in [1.807, 2.05) is 12.1 Å². The van der Waals surface area contributed by atoms with Crippen LogP contribution in [0.3, 0.4) is 0 Å². The molecular formula is C17H15F2NO. The summed E-state index contributed by atoms with van der Waals surface area (Å²) < 4.78 is 35.6. The van der Waals surface area contributed by atoms with Gasteiger partial charge in [-0.2, -0.15) is 8.78 Å². The van der Waals surface area contributed by atoms with Gasteiger partial charge >= 0.3 is 0 Å². The third-order valence-electron chi connectivity index (χ3n) is 3.56. The van der Waals surface area contributed by atoms with Crippen molar-refractivity contribution in [3.8, 4) is 5.75 Å². The summed E-state index contributed by atoms with van der Waals surface area (Å²) >= 11 is 0. The van der Waals surface area contributed by atoms with Crippen molar-refractivity contribution < 1.29 is 13.5 Å². The molecule has 1 heterocycles. The Morgan fingerprint density at radius 2 is 1.76 bits per heavy atom. The fraction of sp³-hybridized carbons (Fsp3) is 0.176. The summed E-state index contributed by atoms with van der Waals surface area (Å²) in [5, 5.41) is 0.837. The van der Waals surface area contributed by atoms with Crippen molar-refractivity contribution in [3.05, 3.63) is 66.4 Å². The van der Waals surface area contributed by atoms with Crippen molar-refractivity contribution in [2.45, 2.75) is 12.5 Å². The Kier molecular flexibility index (Phi) is 3.37. The minimum absolute atomic E-state index is 0.0229. The van der Waals surface area contributed by atoms with Gasteiger partial charge < -0.3 is 9.30 Å². The van der Waals surface area contributed by atoms with E-state index in [2.05, 4.69) is 0 Å². The molecule has 0 saturated carbocycles. The maximum absolute atomic E-state index is 14.4. The molecule has 0 bridgehead atoms. The molecule has 0 amide bonds. The second-order valence-electron chi connectivity index (χ2n) is 4.91. The highest BCUT2D eigenvalue weighted by atomic mass is 19.3. The Hall–Kier alpha value is -2.36. The molecule has 0 aliphatic heterocycles. The number of methoxy groups -OCH3 is 1. The molecule has 108 valence electrons. The van der Waals surface area contributed by atoms with Gasteiger partial charge in [-0.3, -0.25) is 0 Å². The van der Waals surface area contributed by atoms with Crippen LogP contribution in [0.2, 0.25) is 0 Å². The highest BCUT2D eigenvalue weighted by molar-refractivity contribution is 5.86. The van der Waals surface area contributed by atoms with Crippen molar-refractivity contribution in [1.29, 1.82) is 0 Å². The summed E-state index contributed by atoms with van der Waals surface area (Å²) in [7, 11) is 1.57. The first-order valence-electron chi connectivity index (χ1n) is 6.67. The maximum Gasteiger partial charge on any atom is 0.290 e. The van der Waals surface area contributed by atoms with Gasteiger partial charge in [0.25, 0.3) is 5.92 Å². The van der Waals surface area contributed by atoms with Crippen LogP contribution in [-0.4, -0.2) is 11.7 Å². The summed E-state index contributed by atoms with van der Waals surface area (Å²) in [5.74, 6) is -2.23. The van der Waals surface area contributed by atoms with Gasteiger partial charge in [0.2, 0.25) is 0 Å². The zero-order chi connectivity index (χ0) is 14.9. The number of ether oxygens (including phenoxy) is 1. The molecule has 0 aliphatic carbocycles. The molecule has 0 spiro atoms. The lowest BCUT2D eigenvalue weighted by atomic mass is 10.1. The number of fused-ring (bicyclic) bond motifs is 1. The topological polar surface area (TPSA) is 14.2 Å². The van der Waals surface area contributed by atoms with Crippen molar-refractivity contribution >= 4 is 10.9 Å². The zero-order valence-corrected chi connectivity index (χ0v) is 11.6. The predicted octanol–water partition coefficient (Wildman–Crippen LogP) is 4.44. The molecule has 2 nitrogen and oxygen atoms in total. The number of nitrogens with zero attached hydrogens (tertiary/aromatic N) is 1. The van der Waals surface area contributed by atoms with E-state index in [1.54, 1.807) is 48.2 Å². The average Bonchev–Trinajstić information content (AvgIpc) is 2.91. The van der Waals surface area contributed by atoms with Gasteiger partial charge in [-0.15, -0.1) is 0 Å². The summed E-state index contributed by atoms with van der Waals surface area (Å²) in [6, 6.07) is 15.1. The Balaban J connectivity index is 1.99. The SMILES string of the molecule is COc1cccc2c1ccn2CC(F)(F)c1ccccc1. The first-order valence-corrected chi connectivity index (χ1v) is 6.67. The number of rotatable bonds is 4. The maximum atomic E-state index is 14.4. The number of hydrogen-bond donors (Lipinski definition) is 0. The summed E-state index contributed by atoms with van der Waals surface area (Å²) in [5.41, 5.74) is 0.764. The number of benzene rings is 2. The first kappa shape index (κ1) is 13.6. The Morgan fingerprint density at radius 3 is 2.48 bits per heavy atom. The van der Waals surface area contributed by atoms with E-state index < -0.39 is 12.5 Å². The van der Waals surface area contributed by atoms with Gasteiger partial charge in [-0.05, 0) is 18.2 Å². The molecule has 2 aromatic carbocycles. The van der Waals surface area contributed by atoms with Crippen LogP contribution >= 0.6 is 0 Å². The highest BCUT2D eigenvalue weighted by Gasteiger charge is 2.32. The number of halogens is 2. The molecule has 0 aliphatic rings. The van der Waals surface area contributed by atoms with Crippen molar-refractivity contribution in [3.63, 3.8) is 0 Å². The molecule has 21 heavy (non-hydrogen) atoms. The van der Waals surface area contributed by atoms with E-state index in [4.69, 9.17) is 4.74 Å². The zero-order valence-electron chi connectivity index (χ0n) is 11.6. The molecule has 1 aromatic heterocycles. The molecule has 0 radical (unpaired) electrons. The van der Waals surface area contributed by atoms with E-state index in [0.717, 1.165) is 10.9 Å². The Bertz CT molecular complexity index is 750. The lowest BCUT2D eigenvalue weighted by molar-refractivity contribution is -0.0211. The van der Waals surface area contributed by atoms with Gasteiger partial charge in [-0.1, -0.05) is 36.4 Å². The second-order valence-corrected chi connectivity index (χ2v) is 4.91. The summed E-state index contributed by atoms with van der Waals surface area (Å²) in [6.07, 6.45) is 1.67. The normalized spacial score (nSPS) is 11.8. The smallest absolute Gasteiger partial charge is 0.290 e. The van der Waals surface area contributed by atoms with Crippen LogP contribution in [0, 0.1) is 0 Å². The number of aromatic nitrogens is 1. The highest BCUT2D eigenvalue weighted by Crippen LogP contribution is 2.33. The van der Waals surface area contributed by atoms with Gasteiger partial charge in [-0.25, -0.2) is 0 Å². The number of hydrogen-bond acceptors (Lipinski definition) is 1. The van der Waals surface area contributed by atoms with Crippen LogP contribution < -0.4 is 4.74 Å².